The Bertz CT molecular complexity index is 1400. The third kappa shape index (κ3) is 5.47. The minimum Gasteiger partial charge on any atom is -0.391 e. The number of carbonyl (C=O) groups excluding carboxylic acids is 2. The Morgan fingerprint density at radius 1 is 1.00 bits per heavy atom. The lowest BCUT2D eigenvalue weighted by Crippen LogP contribution is -2.56. The largest absolute Gasteiger partial charge is 0.391 e. The summed E-state index contributed by atoms with van der Waals surface area (Å²) in [5, 5.41) is 12.8. The van der Waals surface area contributed by atoms with E-state index >= 15 is 0 Å². The number of likely N-dealkylation sites (tertiary alicyclic amines) is 1. The van der Waals surface area contributed by atoms with Crippen LogP contribution in [-0.4, -0.2) is 80.1 Å². The van der Waals surface area contributed by atoms with Gasteiger partial charge in [0.2, 0.25) is 11.8 Å². The fourth-order valence-electron chi connectivity index (χ4n) is 8.22. The molecule has 3 aliphatic rings. The number of benzene rings is 2. The lowest BCUT2D eigenvalue weighted by atomic mass is 9.70. The van der Waals surface area contributed by atoms with Crippen LogP contribution in [0.4, 0.5) is 0 Å². The van der Waals surface area contributed by atoms with E-state index in [1.54, 1.807) is 6.92 Å². The number of aryl methyl sites for hydroxylation is 1. The molecule has 0 aliphatic carbocycles. The van der Waals surface area contributed by atoms with Crippen molar-refractivity contribution in [1.29, 1.82) is 0 Å². The number of para-hydroxylation sites is 2. The first-order valence-corrected chi connectivity index (χ1v) is 15.7. The van der Waals surface area contributed by atoms with E-state index in [-0.39, 0.29) is 17.2 Å². The van der Waals surface area contributed by atoms with Gasteiger partial charge in [0.25, 0.3) is 0 Å². The molecule has 2 N–H and O–H groups in total. The number of fused-ring (bicyclic) bond motifs is 3. The van der Waals surface area contributed by atoms with E-state index in [1.807, 2.05) is 4.90 Å². The van der Waals surface area contributed by atoms with Crippen LogP contribution in [0.3, 0.4) is 0 Å². The summed E-state index contributed by atoms with van der Waals surface area (Å²) in [6, 6.07) is 20.1. The molecule has 0 unspecified atom stereocenters. The molecule has 2 bridgehead atoms. The average Bonchev–Trinajstić information content (AvgIpc) is 3.45. The number of nitrogens with one attached hydrogen (secondary N) is 1. The van der Waals surface area contributed by atoms with Gasteiger partial charge >= 0.3 is 0 Å². The molecule has 5 atom stereocenters. The third-order valence-corrected chi connectivity index (χ3v) is 10.4. The number of hydrogen-bond donors (Lipinski definition) is 2. The molecule has 8 heteroatoms. The van der Waals surface area contributed by atoms with Crippen molar-refractivity contribution in [3.63, 3.8) is 0 Å². The lowest BCUT2D eigenvalue weighted by molar-refractivity contribution is -0.140. The van der Waals surface area contributed by atoms with Crippen molar-refractivity contribution in [3.8, 4) is 0 Å². The van der Waals surface area contributed by atoms with Crippen LogP contribution < -0.4 is 5.32 Å². The van der Waals surface area contributed by atoms with Crippen molar-refractivity contribution >= 4 is 22.8 Å². The van der Waals surface area contributed by atoms with Gasteiger partial charge in [-0.15, -0.1) is 0 Å². The number of aliphatic hydroxyl groups is 1. The van der Waals surface area contributed by atoms with Crippen molar-refractivity contribution in [2.45, 2.75) is 101 Å². The number of aromatic nitrogens is 2. The van der Waals surface area contributed by atoms with Gasteiger partial charge in [-0.3, -0.25) is 14.5 Å². The Hall–Kier alpha value is -3.23. The van der Waals surface area contributed by atoms with Gasteiger partial charge in [-0.1, -0.05) is 42.5 Å². The summed E-state index contributed by atoms with van der Waals surface area (Å²) in [5.41, 5.74) is 3.71. The lowest BCUT2D eigenvalue weighted by Gasteiger charge is -2.46. The fraction of sp³-hybridized carbons (Fsp3) is 0.559. The van der Waals surface area contributed by atoms with Gasteiger partial charge in [-0.2, -0.15) is 0 Å². The van der Waals surface area contributed by atoms with Gasteiger partial charge in [-0.25, -0.2) is 4.98 Å². The van der Waals surface area contributed by atoms with Gasteiger partial charge in [0, 0.05) is 38.1 Å². The van der Waals surface area contributed by atoms with E-state index < -0.39 is 12.1 Å². The van der Waals surface area contributed by atoms with E-state index in [0.29, 0.717) is 31.2 Å². The summed E-state index contributed by atoms with van der Waals surface area (Å²) in [5.74, 6) is 0.624. The maximum Gasteiger partial charge on any atom is 0.247 e. The van der Waals surface area contributed by atoms with Crippen LogP contribution in [-0.2, 0) is 15.0 Å². The van der Waals surface area contributed by atoms with Gasteiger partial charge < -0.3 is 19.9 Å². The highest BCUT2D eigenvalue weighted by Gasteiger charge is 2.44. The maximum absolute atomic E-state index is 13.3. The van der Waals surface area contributed by atoms with Gasteiger partial charge in [0.05, 0.1) is 17.1 Å². The summed E-state index contributed by atoms with van der Waals surface area (Å²) < 4.78 is 2.50. The summed E-state index contributed by atoms with van der Waals surface area (Å²) in [6.07, 6.45) is 6.74. The first kappa shape index (κ1) is 28.9. The van der Waals surface area contributed by atoms with Crippen LogP contribution in [0.2, 0.25) is 0 Å². The molecule has 6 rings (SSSR count). The summed E-state index contributed by atoms with van der Waals surface area (Å²) >= 11 is 0. The first-order valence-electron chi connectivity index (χ1n) is 15.7. The molecule has 3 saturated heterocycles. The Balaban J connectivity index is 1.15. The topological polar surface area (TPSA) is 90.7 Å². The highest BCUT2D eigenvalue weighted by molar-refractivity contribution is 5.87. The van der Waals surface area contributed by atoms with Crippen molar-refractivity contribution in [1.82, 2.24) is 24.7 Å². The highest BCUT2D eigenvalue weighted by Crippen LogP contribution is 2.45. The molecule has 0 saturated carbocycles. The second kappa shape index (κ2) is 11.8. The highest BCUT2D eigenvalue weighted by atomic mass is 16.3. The minimum absolute atomic E-state index is 0.000200. The maximum atomic E-state index is 13.3. The standard InChI is InChI=1S/C34H45N5O3/c1-23(40)32(36-25(3)41)33(42)37-18-15-34(16-19-37,26-9-5-4-6-10-26)17-20-38-27-13-14-28(38)22-29(21-27)39-24(2)35-30-11-7-8-12-31(30)39/h4-12,23,27-29,32,40H,13-22H2,1-3H3,(H,36,41)/t23-,27-,28+,29+,32+/m1/s1. The zero-order valence-corrected chi connectivity index (χ0v) is 25.2. The number of imidazole rings is 1. The molecule has 224 valence electrons. The third-order valence-electron chi connectivity index (χ3n) is 10.4. The quantitative estimate of drug-likeness (QED) is 0.420. The molecule has 2 amide bonds. The number of aliphatic hydroxyl groups excluding tert-OH is 1. The van der Waals surface area contributed by atoms with E-state index in [0.717, 1.165) is 37.1 Å². The zero-order chi connectivity index (χ0) is 29.4. The van der Waals surface area contributed by atoms with Crippen molar-refractivity contribution < 1.29 is 14.7 Å². The number of nitrogens with zero attached hydrogens (tertiary/aromatic N) is 4. The molecule has 8 nitrogen and oxygen atoms in total. The molecule has 3 fully saturated rings. The number of hydrogen-bond acceptors (Lipinski definition) is 5. The van der Waals surface area contributed by atoms with Crippen molar-refractivity contribution in [3.05, 3.63) is 66.0 Å². The smallest absolute Gasteiger partial charge is 0.247 e. The molecule has 0 spiro atoms. The second-order valence-electron chi connectivity index (χ2n) is 12.9. The predicted molar refractivity (Wildman–Crippen MR) is 164 cm³/mol. The molecule has 0 radical (unpaired) electrons. The Morgan fingerprint density at radius 2 is 1.64 bits per heavy atom. The number of piperidine rings is 2. The van der Waals surface area contributed by atoms with Crippen LogP contribution in [0.5, 0.6) is 0 Å². The Labute approximate surface area is 249 Å². The van der Waals surface area contributed by atoms with Gasteiger partial charge in [0.15, 0.2) is 0 Å². The van der Waals surface area contributed by atoms with Crippen LogP contribution >= 0.6 is 0 Å². The van der Waals surface area contributed by atoms with Crippen molar-refractivity contribution in [2.24, 2.45) is 0 Å². The fourth-order valence-corrected chi connectivity index (χ4v) is 8.22. The summed E-state index contributed by atoms with van der Waals surface area (Å²) in [6.45, 7) is 7.40. The zero-order valence-electron chi connectivity index (χ0n) is 25.2. The molecular formula is C34H45N5O3. The molecule has 4 heterocycles. The normalized spacial score (nSPS) is 25.3. The Morgan fingerprint density at radius 3 is 2.29 bits per heavy atom. The number of amides is 2. The van der Waals surface area contributed by atoms with Gasteiger partial charge in [0.1, 0.15) is 11.9 Å². The molecular weight excluding hydrogens is 526 g/mol. The Kier molecular flexibility index (Phi) is 8.11. The van der Waals surface area contributed by atoms with E-state index in [2.05, 4.69) is 76.3 Å². The van der Waals surface area contributed by atoms with Crippen LogP contribution in [0.1, 0.15) is 76.2 Å². The number of rotatable bonds is 8. The molecule has 42 heavy (non-hydrogen) atoms. The molecule has 3 aromatic rings. The van der Waals surface area contributed by atoms with Crippen LogP contribution in [0.25, 0.3) is 11.0 Å². The average molecular weight is 572 g/mol. The van der Waals surface area contributed by atoms with Crippen molar-refractivity contribution in [2.75, 3.05) is 19.6 Å². The first-order chi connectivity index (χ1) is 20.3. The van der Waals surface area contributed by atoms with E-state index in [4.69, 9.17) is 4.98 Å². The number of carbonyl (C=O) groups is 2. The van der Waals surface area contributed by atoms with Gasteiger partial charge in [-0.05, 0) is 88.4 Å². The second-order valence-corrected chi connectivity index (χ2v) is 12.9. The molecule has 1 aromatic heterocycles. The van der Waals surface area contributed by atoms with E-state index in [9.17, 15) is 14.7 Å². The predicted octanol–water partition coefficient (Wildman–Crippen LogP) is 4.35. The van der Waals surface area contributed by atoms with Crippen LogP contribution in [0.15, 0.2) is 54.6 Å². The summed E-state index contributed by atoms with van der Waals surface area (Å²) in [7, 11) is 0. The summed E-state index contributed by atoms with van der Waals surface area (Å²) in [4.78, 5) is 34.5. The monoisotopic (exact) mass is 571 g/mol. The van der Waals surface area contributed by atoms with Crippen LogP contribution in [0, 0.1) is 6.92 Å². The molecule has 3 aliphatic heterocycles. The minimum atomic E-state index is -0.940. The van der Waals surface area contributed by atoms with E-state index in [1.165, 1.54) is 43.7 Å². The SMILES string of the molecule is CC(=O)N[C@H](C(=O)N1CCC(CCN2[C@@H]3CC[C@H]2C[C@@H](n2c(C)nc4ccccc42)C3)(c2ccccc2)CC1)[C@@H](C)O. The molecule has 2 aromatic carbocycles.